The van der Waals surface area contributed by atoms with E-state index in [-0.39, 0.29) is 5.41 Å². The lowest BCUT2D eigenvalue weighted by atomic mass is 9.98. The molecule has 3 heteroatoms. The molecular formula is C19H23Cl2N. The van der Waals surface area contributed by atoms with Crippen molar-refractivity contribution in [2.45, 2.75) is 20.8 Å². The molecule has 0 bridgehead atoms. The lowest BCUT2D eigenvalue weighted by Crippen LogP contribution is -2.20. The molecule has 0 aliphatic heterocycles. The fourth-order valence-electron chi connectivity index (χ4n) is 1.80. The van der Waals surface area contributed by atoms with Crippen LogP contribution in [0.4, 0.5) is 0 Å². The van der Waals surface area contributed by atoms with E-state index in [2.05, 4.69) is 50.2 Å². The number of likely N-dealkylation sites (N-methyl/N-ethyl adjacent to an activating group) is 1. The van der Waals surface area contributed by atoms with Gasteiger partial charge in [0.05, 0.1) is 0 Å². The molecule has 0 N–H and O–H groups in total. The van der Waals surface area contributed by atoms with E-state index in [0.717, 1.165) is 24.2 Å². The molecule has 1 nitrogen and oxygen atoms in total. The summed E-state index contributed by atoms with van der Waals surface area (Å²) >= 11 is 12.1. The van der Waals surface area contributed by atoms with Crippen molar-refractivity contribution in [3.05, 3.63) is 52.5 Å². The molecular weight excluding hydrogens is 313 g/mol. The van der Waals surface area contributed by atoms with Crippen molar-refractivity contribution >= 4 is 28.8 Å². The van der Waals surface area contributed by atoms with Gasteiger partial charge in [0.25, 0.3) is 0 Å². The summed E-state index contributed by atoms with van der Waals surface area (Å²) in [5.41, 5.74) is 1.95. The van der Waals surface area contributed by atoms with Crippen LogP contribution >= 0.6 is 23.2 Å². The summed E-state index contributed by atoms with van der Waals surface area (Å²) in [6.45, 7) is 11.9. The average molecular weight is 336 g/mol. The van der Waals surface area contributed by atoms with Gasteiger partial charge in [-0.15, -0.1) is 0 Å². The van der Waals surface area contributed by atoms with Crippen molar-refractivity contribution in [1.29, 1.82) is 0 Å². The third kappa shape index (κ3) is 7.18. The quantitative estimate of drug-likeness (QED) is 0.638. The summed E-state index contributed by atoms with van der Waals surface area (Å²) in [4.78, 5) is 2.16. The standard InChI is InChI=1S/C19H23Cl2N/c1-15(17-10-9-16(20)13-18(17)21)14-22(5)12-8-6-7-11-19(2,3)4/h6,8-10,13H,1,12,14H2,2-5H3/b8-6+. The molecule has 0 amide bonds. The van der Waals surface area contributed by atoms with Crippen molar-refractivity contribution in [2.24, 2.45) is 5.41 Å². The normalized spacial score (nSPS) is 11.6. The summed E-state index contributed by atoms with van der Waals surface area (Å²) in [6.07, 6.45) is 3.95. The molecule has 1 aromatic rings. The fraction of sp³-hybridized carbons (Fsp3) is 0.368. The van der Waals surface area contributed by atoms with Crippen molar-refractivity contribution in [2.75, 3.05) is 20.1 Å². The first-order valence-electron chi connectivity index (χ1n) is 7.18. The average Bonchev–Trinajstić information content (AvgIpc) is 2.36. The third-order valence-electron chi connectivity index (χ3n) is 2.84. The van der Waals surface area contributed by atoms with Crippen LogP contribution in [0.15, 0.2) is 36.9 Å². The van der Waals surface area contributed by atoms with Crippen LogP contribution in [-0.2, 0) is 0 Å². The highest BCUT2D eigenvalue weighted by Crippen LogP contribution is 2.26. The smallest absolute Gasteiger partial charge is 0.0496 e. The van der Waals surface area contributed by atoms with Crippen molar-refractivity contribution in [3.63, 3.8) is 0 Å². The lowest BCUT2D eigenvalue weighted by Gasteiger charge is -2.17. The second-order valence-corrected chi connectivity index (χ2v) is 7.19. The summed E-state index contributed by atoms with van der Waals surface area (Å²) in [5.74, 6) is 6.24. The fourth-order valence-corrected chi connectivity index (χ4v) is 2.34. The molecule has 0 aliphatic carbocycles. The first kappa shape index (κ1) is 18.8. The van der Waals surface area contributed by atoms with Crippen LogP contribution in [0.3, 0.4) is 0 Å². The number of nitrogens with zero attached hydrogens (tertiary/aromatic N) is 1. The minimum absolute atomic E-state index is 0.0376. The van der Waals surface area contributed by atoms with E-state index in [1.807, 2.05) is 25.3 Å². The number of benzene rings is 1. The molecule has 0 aliphatic rings. The molecule has 0 radical (unpaired) electrons. The largest absolute Gasteiger partial charge is 0.298 e. The Bertz CT molecular complexity index is 613. The maximum absolute atomic E-state index is 6.20. The molecule has 0 saturated heterocycles. The van der Waals surface area contributed by atoms with Crippen LogP contribution in [0.25, 0.3) is 5.57 Å². The van der Waals surface area contributed by atoms with E-state index in [9.17, 15) is 0 Å². The maximum Gasteiger partial charge on any atom is 0.0496 e. The van der Waals surface area contributed by atoms with Gasteiger partial charge >= 0.3 is 0 Å². The molecule has 0 heterocycles. The second-order valence-electron chi connectivity index (χ2n) is 6.35. The molecule has 22 heavy (non-hydrogen) atoms. The number of hydrogen-bond acceptors (Lipinski definition) is 1. The maximum atomic E-state index is 6.20. The monoisotopic (exact) mass is 335 g/mol. The highest BCUT2D eigenvalue weighted by atomic mass is 35.5. The first-order chi connectivity index (χ1) is 10.2. The van der Waals surface area contributed by atoms with E-state index >= 15 is 0 Å². The molecule has 0 aromatic heterocycles. The second kappa shape index (κ2) is 8.44. The van der Waals surface area contributed by atoms with Gasteiger partial charge in [0.15, 0.2) is 0 Å². The van der Waals surface area contributed by atoms with Crippen LogP contribution in [0.2, 0.25) is 10.0 Å². The summed E-state index contributed by atoms with van der Waals surface area (Å²) < 4.78 is 0. The Morgan fingerprint density at radius 3 is 2.59 bits per heavy atom. The van der Waals surface area contributed by atoms with E-state index < -0.39 is 0 Å². The molecule has 0 spiro atoms. The Morgan fingerprint density at radius 1 is 1.32 bits per heavy atom. The van der Waals surface area contributed by atoms with Gasteiger partial charge in [0, 0.05) is 28.5 Å². The minimum atomic E-state index is 0.0376. The van der Waals surface area contributed by atoms with E-state index in [1.165, 1.54) is 0 Å². The van der Waals surface area contributed by atoms with Gasteiger partial charge in [0.1, 0.15) is 0 Å². The zero-order valence-corrected chi connectivity index (χ0v) is 15.2. The zero-order chi connectivity index (χ0) is 16.8. The molecule has 1 rings (SSSR count). The molecule has 0 atom stereocenters. The SMILES string of the molecule is C=C(CN(C)C/C=C/C#CC(C)(C)C)c1ccc(Cl)cc1Cl. The Balaban J connectivity index is 2.54. The van der Waals surface area contributed by atoms with E-state index in [1.54, 1.807) is 6.07 Å². The highest BCUT2D eigenvalue weighted by Gasteiger charge is 2.07. The number of allylic oxidation sites excluding steroid dienone is 1. The minimum Gasteiger partial charge on any atom is -0.298 e. The predicted molar refractivity (Wildman–Crippen MR) is 99.4 cm³/mol. The van der Waals surface area contributed by atoms with Crippen molar-refractivity contribution in [3.8, 4) is 11.8 Å². The zero-order valence-electron chi connectivity index (χ0n) is 13.7. The van der Waals surface area contributed by atoms with Gasteiger partial charge in [-0.25, -0.2) is 0 Å². The van der Waals surface area contributed by atoms with Gasteiger partial charge in [-0.2, -0.15) is 0 Å². The molecule has 118 valence electrons. The van der Waals surface area contributed by atoms with E-state index in [4.69, 9.17) is 23.2 Å². The summed E-state index contributed by atoms with van der Waals surface area (Å²) in [6, 6.07) is 5.48. The molecule has 0 unspecified atom stereocenters. The third-order valence-corrected chi connectivity index (χ3v) is 3.39. The number of rotatable bonds is 5. The van der Waals surface area contributed by atoms with Crippen LogP contribution in [-0.4, -0.2) is 25.0 Å². The molecule has 0 saturated carbocycles. The van der Waals surface area contributed by atoms with E-state index in [0.29, 0.717) is 10.0 Å². The van der Waals surface area contributed by atoms with Gasteiger partial charge in [-0.05, 0) is 57.2 Å². The summed E-state index contributed by atoms with van der Waals surface area (Å²) in [5, 5.41) is 1.27. The van der Waals surface area contributed by atoms with Crippen molar-refractivity contribution < 1.29 is 0 Å². The number of halogens is 2. The molecule has 1 aromatic carbocycles. The lowest BCUT2D eigenvalue weighted by molar-refractivity contribution is 0.419. The van der Waals surface area contributed by atoms with Crippen LogP contribution in [0, 0.1) is 17.3 Å². The predicted octanol–water partition coefficient (Wildman–Crippen LogP) is 5.54. The topological polar surface area (TPSA) is 3.24 Å². The van der Waals surface area contributed by atoms with Crippen LogP contribution in [0.1, 0.15) is 26.3 Å². The van der Waals surface area contributed by atoms with Crippen LogP contribution < -0.4 is 0 Å². The Labute approximate surface area is 144 Å². The Morgan fingerprint density at radius 2 is 2.00 bits per heavy atom. The van der Waals surface area contributed by atoms with Gasteiger partial charge in [-0.3, -0.25) is 4.90 Å². The van der Waals surface area contributed by atoms with Crippen LogP contribution in [0.5, 0.6) is 0 Å². The summed E-state index contributed by atoms with van der Waals surface area (Å²) in [7, 11) is 2.04. The highest BCUT2D eigenvalue weighted by molar-refractivity contribution is 6.35. The first-order valence-corrected chi connectivity index (χ1v) is 7.94. The Kier molecular flexibility index (Phi) is 7.23. The van der Waals surface area contributed by atoms with Gasteiger partial charge in [-0.1, -0.05) is 53.8 Å². The Hall–Kier alpha value is -1.20. The number of hydrogen-bond donors (Lipinski definition) is 0. The van der Waals surface area contributed by atoms with Crippen molar-refractivity contribution in [1.82, 2.24) is 4.90 Å². The molecule has 0 fully saturated rings. The van der Waals surface area contributed by atoms with Gasteiger partial charge < -0.3 is 0 Å². The van der Waals surface area contributed by atoms with Gasteiger partial charge in [0.2, 0.25) is 0 Å².